The Kier molecular flexibility index (Phi) is 7.87. The summed E-state index contributed by atoms with van der Waals surface area (Å²) in [4.78, 5) is 10.8. The van der Waals surface area contributed by atoms with Crippen LogP contribution in [0.25, 0.3) is 0 Å². The molecule has 2 aromatic carbocycles. The number of benzene rings is 2. The van der Waals surface area contributed by atoms with Crippen LogP contribution in [0.3, 0.4) is 0 Å². The highest BCUT2D eigenvalue weighted by atomic mass is 35.5. The fourth-order valence-electron chi connectivity index (χ4n) is 2.66. The Bertz CT molecular complexity index is 923. The SMILES string of the molecule is O=C(O)N(CCOc1ccc(Cc2ccccc2)cc1Cl)CC(F)(F)C(F)(F)C(F)(F)F. The molecular weight excluding hydrogens is 471 g/mol. The van der Waals surface area contributed by atoms with Gasteiger partial charge in [-0.3, -0.25) is 4.90 Å². The predicted octanol–water partition coefficient (Wildman–Crippen LogP) is 6.12. The molecular formula is C20H17ClF7NO3. The van der Waals surface area contributed by atoms with E-state index in [1.54, 1.807) is 12.1 Å². The average Bonchev–Trinajstić information content (AvgIpc) is 2.68. The Morgan fingerprint density at radius 1 is 0.969 bits per heavy atom. The average molecular weight is 488 g/mol. The highest BCUT2D eigenvalue weighted by molar-refractivity contribution is 6.32. The van der Waals surface area contributed by atoms with Crippen LogP contribution in [-0.4, -0.2) is 53.8 Å². The van der Waals surface area contributed by atoms with E-state index in [0.717, 1.165) is 11.1 Å². The van der Waals surface area contributed by atoms with Gasteiger partial charge in [-0.15, -0.1) is 0 Å². The van der Waals surface area contributed by atoms with E-state index in [-0.39, 0.29) is 15.7 Å². The summed E-state index contributed by atoms with van der Waals surface area (Å²) in [6, 6.07) is 14.0. The molecule has 0 bridgehead atoms. The highest BCUT2D eigenvalue weighted by Gasteiger charge is 2.73. The van der Waals surface area contributed by atoms with E-state index >= 15 is 0 Å². The molecule has 0 spiro atoms. The van der Waals surface area contributed by atoms with Gasteiger partial charge < -0.3 is 9.84 Å². The molecule has 0 saturated heterocycles. The van der Waals surface area contributed by atoms with Crippen LogP contribution in [0, 0.1) is 0 Å². The molecule has 0 heterocycles. The van der Waals surface area contributed by atoms with E-state index in [2.05, 4.69) is 0 Å². The first-order valence-electron chi connectivity index (χ1n) is 9.00. The van der Waals surface area contributed by atoms with Crippen LogP contribution >= 0.6 is 11.6 Å². The first kappa shape index (κ1) is 25.6. The summed E-state index contributed by atoms with van der Waals surface area (Å²) in [5.74, 6) is -12.0. The van der Waals surface area contributed by atoms with Crippen molar-refractivity contribution in [1.82, 2.24) is 4.90 Å². The summed E-state index contributed by atoms with van der Waals surface area (Å²) in [6.45, 7) is -3.89. The largest absolute Gasteiger partial charge is 0.490 e. The zero-order chi connectivity index (χ0) is 24.2. The summed E-state index contributed by atoms with van der Waals surface area (Å²) in [6.07, 6.45) is -8.11. The van der Waals surface area contributed by atoms with Crippen molar-refractivity contribution in [2.75, 3.05) is 19.7 Å². The second-order valence-electron chi connectivity index (χ2n) is 6.76. The molecule has 4 nitrogen and oxygen atoms in total. The number of halogens is 8. The normalized spacial score (nSPS) is 12.5. The molecule has 0 aliphatic carbocycles. The van der Waals surface area contributed by atoms with Gasteiger partial charge in [-0.05, 0) is 29.7 Å². The Labute approximate surface area is 183 Å². The van der Waals surface area contributed by atoms with Crippen LogP contribution in [0.4, 0.5) is 35.5 Å². The summed E-state index contributed by atoms with van der Waals surface area (Å²) in [5.41, 5.74) is 1.82. The van der Waals surface area contributed by atoms with Crippen molar-refractivity contribution >= 4 is 17.7 Å². The highest BCUT2D eigenvalue weighted by Crippen LogP contribution is 2.46. The lowest BCUT2D eigenvalue weighted by atomic mass is 10.1. The Morgan fingerprint density at radius 3 is 2.12 bits per heavy atom. The van der Waals surface area contributed by atoms with Crippen molar-refractivity contribution in [3.63, 3.8) is 0 Å². The van der Waals surface area contributed by atoms with Gasteiger partial charge >= 0.3 is 24.1 Å². The predicted molar refractivity (Wildman–Crippen MR) is 102 cm³/mol. The zero-order valence-electron chi connectivity index (χ0n) is 16.2. The van der Waals surface area contributed by atoms with Gasteiger partial charge in [0.1, 0.15) is 12.4 Å². The van der Waals surface area contributed by atoms with Crippen LogP contribution in [-0.2, 0) is 6.42 Å². The maximum absolute atomic E-state index is 13.5. The van der Waals surface area contributed by atoms with Gasteiger partial charge in [0.05, 0.1) is 18.1 Å². The first-order valence-corrected chi connectivity index (χ1v) is 9.38. The minimum atomic E-state index is -6.55. The van der Waals surface area contributed by atoms with E-state index in [0.29, 0.717) is 6.42 Å². The quantitative estimate of drug-likeness (QED) is 0.433. The molecule has 0 aliphatic rings. The minimum absolute atomic E-state index is 0.0567. The number of carbonyl (C=O) groups is 1. The van der Waals surface area contributed by atoms with Crippen LogP contribution in [0.2, 0.25) is 5.02 Å². The van der Waals surface area contributed by atoms with Gasteiger partial charge in [0.2, 0.25) is 0 Å². The molecule has 0 aliphatic heterocycles. The van der Waals surface area contributed by atoms with Gasteiger partial charge in [0, 0.05) is 0 Å². The molecule has 2 rings (SSSR count). The minimum Gasteiger partial charge on any atom is -0.490 e. The number of rotatable bonds is 9. The van der Waals surface area contributed by atoms with Crippen molar-refractivity contribution in [2.45, 2.75) is 24.4 Å². The van der Waals surface area contributed by atoms with Gasteiger partial charge in [-0.1, -0.05) is 48.0 Å². The summed E-state index contributed by atoms with van der Waals surface area (Å²) in [7, 11) is 0. The Hall–Kier alpha value is -2.69. The molecule has 32 heavy (non-hydrogen) atoms. The number of hydrogen-bond acceptors (Lipinski definition) is 2. The fraction of sp³-hybridized carbons (Fsp3) is 0.350. The number of amides is 1. The summed E-state index contributed by atoms with van der Waals surface area (Å²) < 4.78 is 95.0. The summed E-state index contributed by atoms with van der Waals surface area (Å²) >= 11 is 6.09. The standard InChI is InChI=1S/C20H17ClF7NO3/c21-15-11-14(10-13-4-2-1-3-5-13)6-7-16(15)32-9-8-29(17(30)31)12-18(22,23)19(24,25)20(26,27)28/h1-7,11H,8-10,12H2,(H,30,31). The summed E-state index contributed by atoms with van der Waals surface area (Å²) in [5, 5.41) is 9.04. The van der Waals surface area contributed by atoms with E-state index in [4.69, 9.17) is 21.4 Å². The van der Waals surface area contributed by atoms with E-state index in [9.17, 15) is 35.5 Å². The third kappa shape index (κ3) is 6.18. The molecule has 1 N–H and O–H groups in total. The lowest BCUT2D eigenvalue weighted by Crippen LogP contribution is -2.57. The molecule has 0 unspecified atom stereocenters. The molecule has 0 aromatic heterocycles. The molecule has 0 radical (unpaired) electrons. The van der Waals surface area contributed by atoms with Crippen LogP contribution in [0.1, 0.15) is 11.1 Å². The lowest BCUT2D eigenvalue weighted by Gasteiger charge is -2.31. The number of nitrogens with zero attached hydrogens (tertiary/aromatic N) is 1. The lowest BCUT2D eigenvalue weighted by molar-refractivity contribution is -0.355. The third-order valence-corrected chi connectivity index (χ3v) is 4.64. The molecule has 176 valence electrons. The van der Waals surface area contributed by atoms with Gasteiger partial charge in [0.15, 0.2) is 0 Å². The monoisotopic (exact) mass is 487 g/mol. The second kappa shape index (κ2) is 9.85. The van der Waals surface area contributed by atoms with E-state index in [1.807, 2.05) is 30.3 Å². The van der Waals surface area contributed by atoms with Crippen molar-refractivity contribution < 1.29 is 45.4 Å². The van der Waals surface area contributed by atoms with Crippen LogP contribution in [0.5, 0.6) is 5.75 Å². The van der Waals surface area contributed by atoms with Gasteiger partial charge in [-0.2, -0.15) is 30.7 Å². The maximum Gasteiger partial charge on any atom is 0.459 e. The van der Waals surface area contributed by atoms with Crippen LogP contribution in [0.15, 0.2) is 48.5 Å². The number of ether oxygens (including phenoxy) is 1. The Morgan fingerprint density at radius 2 is 1.59 bits per heavy atom. The van der Waals surface area contributed by atoms with Crippen molar-refractivity contribution in [2.24, 2.45) is 0 Å². The zero-order valence-corrected chi connectivity index (χ0v) is 16.9. The van der Waals surface area contributed by atoms with Crippen LogP contribution < -0.4 is 4.74 Å². The van der Waals surface area contributed by atoms with Crippen molar-refractivity contribution in [3.8, 4) is 5.75 Å². The molecule has 12 heteroatoms. The van der Waals surface area contributed by atoms with Crippen molar-refractivity contribution in [1.29, 1.82) is 0 Å². The van der Waals surface area contributed by atoms with E-state index < -0.39 is 43.8 Å². The third-order valence-electron chi connectivity index (χ3n) is 4.34. The van der Waals surface area contributed by atoms with Gasteiger partial charge in [0.25, 0.3) is 0 Å². The number of alkyl halides is 7. The molecule has 2 aromatic rings. The number of hydrogen-bond donors (Lipinski definition) is 1. The molecule has 0 fully saturated rings. The Balaban J connectivity index is 2.00. The molecule has 0 saturated carbocycles. The number of carboxylic acid groups (broad SMARTS) is 1. The smallest absolute Gasteiger partial charge is 0.459 e. The second-order valence-corrected chi connectivity index (χ2v) is 7.16. The molecule has 0 atom stereocenters. The fourth-order valence-corrected chi connectivity index (χ4v) is 2.92. The van der Waals surface area contributed by atoms with Crippen molar-refractivity contribution in [3.05, 3.63) is 64.7 Å². The van der Waals surface area contributed by atoms with Gasteiger partial charge in [-0.25, -0.2) is 4.79 Å². The van der Waals surface area contributed by atoms with E-state index in [1.165, 1.54) is 6.07 Å². The molecule has 1 amide bonds. The first-order chi connectivity index (χ1) is 14.7. The topological polar surface area (TPSA) is 49.8 Å². The maximum atomic E-state index is 13.5.